The Kier molecular flexibility index (Phi) is 9.92. The second-order valence-electron chi connectivity index (χ2n) is 4.52. The first-order chi connectivity index (χ1) is 8.58. The zero-order valence-corrected chi connectivity index (χ0v) is 12.4. The third-order valence-corrected chi connectivity index (χ3v) is 3.42. The summed E-state index contributed by atoms with van der Waals surface area (Å²) in [6.45, 7) is 12.5. The van der Waals surface area contributed by atoms with Crippen molar-refractivity contribution in [1.82, 2.24) is 15.1 Å². The van der Waals surface area contributed by atoms with Crippen LogP contribution in [0.25, 0.3) is 0 Å². The molecular weight excluding hydrogens is 228 g/mol. The predicted octanol–water partition coefficient (Wildman–Crippen LogP) is 0.114. The Labute approximate surface area is 112 Å². The van der Waals surface area contributed by atoms with E-state index in [1.54, 1.807) is 7.05 Å². The second-order valence-corrected chi connectivity index (χ2v) is 4.52. The molecule has 0 aromatic carbocycles. The number of nitrogens with two attached hydrogens (primary N) is 1. The summed E-state index contributed by atoms with van der Waals surface area (Å²) in [4.78, 5) is 15.9. The highest BCUT2D eigenvalue weighted by molar-refractivity contribution is 5.80. The Morgan fingerprint density at radius 3 is 2.00 bits per heavy atom. The van der Waals surface area contributed by atoms with Crippen molar-refractivity contribution >= 4 is 5.91 Å². The molecule has 18 heavy (non-hydrogen) atoms. The standard InChI is InChI=1S/C13H30N4O/c1-5-16(6-2)9-8-10-17(7-3)11-12(15-4)13(14)18/h12,15H,5-11H2,1-4H3,(H2,14,18). The van der Waals surface area contributed by atoms with E-state index in [0.29, 0.717) is 6.54 Å². The lowest BCUT2D eigenvalue weighted by molar-refractivity contribution is -0.120. The molecule has 0 aromatic rings. The molecule has 0 aliphatic heterocycles. The predicted molar refractivity (Wildman–Crippen MR) is 76.6 cm³/mol. The van der Waals surface area contributed by atoms with E-state index >= 15 is 0 Å². The van der Waals surface area contributed by atoms with E-state index in [9.17, 15) is 4.79 Å². The van der Waals surface area contributed by atoms with Gasteiger partial charge in [0.2, 0.25) is 5.91 Å². The minimum Gasteiger partial charge on any atom is -0.368 e. The van der Waals surface area contributed by atoms with Crippen molar-refractivity contribution in [1.29, 1.82) is 0 Å². The molecule has 1 amide bonds. The van der Waals surface area contributed by atoms with Gasteiger partial charge in [-0.1, -0.05) is 20.8 Å². The molecule has 0 radical (unpaired) electrons. The highest BCUT2D eigenvalue weighted by atomic mass is 16.1. The Bertz CT molecular complexity index is 219. The van der Waals surface area contributed by atoms with Crippen LogP contribution in [0.3, 0.4) is 0 Å². The van der Waals surface area contributed by atoms with Gasteiger partial charge < -0.3 is 20.9 Å². The fourth-order valence-corrected chi connectivity index (χ4v) is 2.02. The van der Waals surface area contributed by atoms with Crippen LogP contribution in [0.1, 0.15) is 27.2 Å². The van der Waals surface area contributed by atoms with Crippen molar-refractivity contribution in [3.05, 3.63) is 0 Å². The molecule has 3 N–H and O–H groups in total. The molecule has 1 unspecified atom stereocenters. The molecule has 108 valence electrons. The summed E-state index contributed by atoms with van der Waals surface area (Å²) >= 11 is 0. The van der Waals surface area contributed by atoms with Gasteiger partial charge in [0.1, 0.15) is 0 Å². The van der Waals surface area contributed by atoms with E-state index < -0.39 is 0 Å². The smallest absolute Gasteiger partial charge is 0.235 e. The van der Waals surface area contributed by atoms with E-state index in [1.165, 1.54) is 0 Å². The average molecular weight is 258 g/mol. The maximum Gasteiger partial charge on any atom is 0.235 e. The average Bonchev–Trinajstić information content (AvgIpc) is 2.37. The quantitative estimate of drug-likeness (QED) is 0.552. The van der Waals surface area contributed by atoms with Gasteiger partial charge in [0.25, 0.3) is 0 Å². The minimum atomic E-state index is -0.278. The highest BCUT2D eigenvalue weighted by Gasteiger charge is 2.16. The molecule has 5 nitrogen and oxygen atoms in total. The van der Waals surface area contributed by atoms with Gasteiger partial charge in [-0.3, -0.25) is 4.79 Å². The first-order valence-corrected chi connectivity index (χ1v) is 7.00. The molecule has 0 bridgehead atoms. The zero-order valence-electron chi connectivity index (χ0n) is 12.4. The highest BCUT2D eigenvalue weighted by Crippen LogP contribution is 1.97. The molecular formula is C13H30N4O. The normalized spacial score (nSPS) is 13.2. The summed E-state index contributed by atoms with van der Waals surface area (Å²) in [6.07, 6.45) is 1.13. The summed E-state index contributed by atoms with van der Waals surface area (Å²) in [7, 11) is 1.78. The minimum absolute atomic E-state index is 0.251. The Morgan fingerprint density at radius 2 is 1.61 bits per heavy atom. The number of hydrogen-bond donors (Lipinski definition) is 2. The van der Waals surface area contributed by atoms with E-state index in [4.69, 9.17) is 5.73 Å². The molecule has 0 heterocycles. The van der Waals surface area contributed by atoms with Gasteiger partial charge in [-0.15, -0.1) is 0 Å². The molecule has 0 saturated heterocycles. The third-order valence-electron chi connectivity index (χ3n) is 3.42. The molecule has 1 atom stereocenters. The number of nitrogens with zero attached hydrogens (tertiary/aromatic N) is 2. The van der Waals surface area contributed by atoms with Gasteiger partial charge in [0, 0.05) is 6.54 Å². The van der Waals surface area contributed by atoms with Crippen LogP contribution in [-0.2, 0) is 4.79 Å². The number of hydrogen-bond acceptors (Lipinski definition) is 4. The molecule has 5 heteroatoms. The maximum absolute atomic E-state index is 11.2. The fraction of sp³-hybridized carbons (Fsp3) is 0.923. The van der Waals surface area contributed by atoms with Crippen LogP contribution in [0, 0.1) is 0 Å². The maximum atomic E-state index is 11.2. The summed E-state index contributed by atoms with van der Waals surface area (Å²) in [6, 6.07) is -0.251. The van der Waals surface area contributed by atoms with Crippen molar-refractivity contribution in [2.75, 3.05) is 46.3 Å². The van der Waals surface area contributed by atoms with Crippen molar-refractivity contribution in [2.24, 2.45) is 5.73 Å². The first-order valence-electron chi connectivity index (χ1n) is 7.00. The molecule has 0 aliphatic rings. The largest absolute Gasteiger partial charge is 0.368 e. The number of rotatable bonds is 11. The number of primary amides is 1. The van der Waals surface area contributed by atoms with Crippen LogP contribution in [0.15, 0.2) is 0 Å². The second kappa shape index (κ2) is 10.3. The number of carbonyl (C=O) groups is 1. The topological polar surface area (TPSA) is 61.6 Å². The molecule has 0 saturated carbocycles. The summed E-state index contributed by atoms with van der Waals surface area (Å²) in [5.41, 5.74) is 5.33. The van der Waals surface area contributed by atoms with Crippen molar-refractivity contribution in [3.63, 3.8) is 0 Å². The lowest BCUT2D eigenvalue weighted by atomic mass is 10.2. The molecule has 0 spiro atoms. The Morgan fingerprint density at radius 1 is 1.11 bits per heavy atom. The fourth-order valence-electron chi connectivity index (χ4n) is 2.02. The monoisotopic (exact) mass is 258 g/mol. The molecule has 0 rings (SSSR count). The van der Waals surface area contributed by atoms with Crippen LogP contribution in [0.5, 0.6) is 0 Å². The van der Waals surface area contributed by atoms with E-state index in [2.05, 4.69) is 35.9 Å². The van der Waals surface area contributed by atoms with Gasteiger partial charge in [-0.25, -0.2) is 0 Å². The molecule has 0 aliphatic carbocycles. The van der Waals surface area contributed by atoms with Crippen molar-refractivity contribution in [3.8, 4) is 0 Å². The summed E-state index contributed by atoms with van der Waals surface area (Å²) in [5.74, 6) is -0.278. The van der Waals surface area contributed by atoms with Crippen LogP contribution < -0.4 is 11.1 Å². The van der Waals surface area contributed by atoms with E-state index in [-0.39, 0.29) is 11.9 Å². The van der Waals surface area contributed by atoms with E-state index in [0.717, 1.165) is 39.1 Å². The SMILES string of the molecule is CCN(CC)CCCN(CC)CC(NC)C(N)=O. The van der Waals surface area contributed by atoms with Gasteiger partial charge in [0.15, 0.2) is 0 Å². The van der Waals surface area contributed by atoms with Gasteiger partial charge >= 0.3 is 0 Å². The van der Waals surface area contributed by atoms with Gasteiger partial charge in [-0.2, -0.15) is 0 Å². The van der Waals surface area contributed by atoms with Crippen molar-refractivity contribution < 1.29 is 4.79 Å². The lowest BCUT2D eigenvalue weighted by Crippen LogP contribution is -2.48. The summed E-state index contributed by atoms with van der Waals surface area (Å²) < 4.78 is 0. The Balaban J connectivity index is 3.99. The van der Waals surface area contributed by atoms with Crippen LogP contribution >= 0.6 is 0 Å². The number of amides is 1. The number of carbonyl (C=O) groups excluding carboxylic acids is 1. The number of nitrogens with one attached hydrogen (secondary N) is 1. The van der Waals surface area contributed by atoms with Gasteiger partial charge in [0.05, 0.1) is 6.04 Å². The lowest BCUT2D eigenvalue weighted by Gasteiger charge is -2.26. The van der Waals surface area contributed by atoms with Crippen LogP contribution in [-0.4, -0.2) is 68.1 Å². The molecule has 0 aromatic heterocycles. The van der Waals surface area contributed by atoms with Gasteiger partial charge in [-0.05, 0) is 46.2 Å². The Hall–Kier alpha value is -0.650. The van der Waals surface area contributed by atoms with Crippen LogP contribution in [0.4, 0.5) is 0 Å². The zero-order chi connectivity index (χ0) is 14.0. The van der Waals surface area contributed by atoms with Crippen LogP contribution in [0.2, 0.25) is 0 Å². The van der Waals surface area contributed by atoms with E-state index in [1.807, 2.05) is 0 Å². The third kappa shape index (κ3) is 6.93. The number of likely N-dealkylation sites (N-methyl/N-ethyl adjacent to an activating group) is 2. The first kappa shape index (κ1) is 17.4. The van der Waals surface area contributed by atoms with Crippen molar-refractivity contribution in [2.45, 2.75) is 33.2 Å². The summed E-state index contributed by atoms with van der Waals surface area (Å²) in [5, 5.41) is 2.96. The molecule has 0 fully saturated rings.